The number of aromatic nitrogens is 2. The molecule has 1 fully saturated rings. The number of urea groups is 1. The molecule has 0 bridgehead atoms. The van der Waals surface area contributed by atoms with Gasteiger partial charge in [-0.05, 0) is 52.2 Å². The van der Waals surface area contributed by atoms with Crippen LogP contribution in [0, 0.1) is 11.6 Å². The summed E-state index contributed by atoms with van der Waals surface area (Å²) >= 11 is 0. The van der Waals surface area contributed by atoms with Crippen LogP contribution >= 0.6 is 0 Å². The fourth-order valence-corrected chi connectivity index (χ4v) is 4.38. The van der Waals surface area contributed by atoms with Gasteiger partial charge in [0, 0.05) is 30.4 Å². The number of phenolic OH excluding ortho intramolecular Hbond substituents is 1. The Kier molecular flexibility index (Phi) is 8.07. The number of amides is 2. The third-order valence-electron chi connectivity index (χ3n) is 6.52. The van der Waals surface area contributed by atoms with Gasteiger partial charge in [-0.3, -0.25) is 9.80 Å². The van der Waals surface area contributed by atoms with Crippen LogP contribution in [0.4, 0.5) is 31.0 Å². The number of hydrogen-bond acceptors (Lipinski definition) is 7. The van der Waals surface area contributed by atoms with Crippen molar-refractivity contribution in [1.29, 1.82) is 0 Å². The van der Waals surface area contributed by atoms with Crippen molar-refractivity contribution in [1.82, 2.24) is 14.9 Å². The summed E-state index contributed by atoms with van der Waals surface area (Å²) in [5.41, 5.74) is -0.0798. The molecule has 0 atom stereocenters. The first kappa shape index (κ1) is 25.9. The number of nitrogens with one attached hydrogen (secondary N) is 1. The van der Waals surface area contributed by atoms with Gasteiger partial charge in [0.15, 0.2) is 23.1 Å². The number of aromatic hydroxyl groups is 1. The number of hydrogen-bond donors (Lipinski definition) is 2. The van der Waals surface area contributed by atoms with Crippen LogP contribution in [-0.2, 0) is 6.54 Å². The van der Waals surface area contributed by atoms with Crippen LogP contribution in [0.25, 0.3) is 0 Å². The molecule has 36 heavy (non-hydrogen) atoms. The number of carbonyl (C=O) groups excluding carboxylic acids is 1. The quantitative estimate of drug-likeness (QED) is 0.411. The third-order valence-corrected chi connectivity index (χ3v) is 6.52. The maximum absolute atomic E-state index is 15.2. The van der Waals surface area contributed by atoms with E-state index >= 15 is 4.39 Å². The Hall–Kier alpha value is -3.21. The molecule has 2 heterocycles. The molecule has 196 valence electrons. The van der Waals surface area contributed by atoms with Crippen LogP contribution < -0.4 is 19.9 Å². The van der Waals surface area contributed by atoms with Gasteiger partial charge in [0.25, 0.3) is 0 Å². The second-order valence-electron chi connectivity index (χ2n) is 8.98. The van der Waals surface area contributed by atoms with Gasteiger partial charge in [0.1, 0.15) is 11.5 Å². The smallest absolute Gasteiger partial charge is 0.330 e. The average molecular weight is 505 g/mol. The number of nitrogens with zero attached hydrogens (tertiary/aromatic N) is 5. The molecule has 4 rings (SSSR count). The highest BCUT2D eigenvalue weighted by Gasteiger charge is 2.44. The van der Waals surface area contributed by atoms with Crippen molar-refractivity contribution in [2.45, 2.75) is 59.0 Å². The number of ether oxygens (including phenoxy) is 1. The average Bonchev–Trinajstić information content (AvgIpc) is 3.70. The molecule has 0 saturated heterocycles. The predicted octanol–water partition coefficient (Wildman–Crippen LogP) is 4.50. The molecule has 0 unspecified atom stereocenters. The SMILES string of the molecule is CCOc1cc(O)c(F)c(N2Cc3cnc(NCCCCN(CC)CC)nc3N(C3CC3)C2=O)c1F. The van der Waals surface area contributed by atoms with Gasteiger partial charge in [-0.15, -0.1) is 0 Å². The van der Waals surface area contributed by atoms with Crippen LogP contribution in [0.2, 0.25) is 0 Å². The van der Waals surface area contributed by atoms with Crippen molar-refractivity contribution in [3.63, 3.8) is 0 Å². The zero-order chi connectivity index (χ0) is 25.8. The summed E-state index contributed by atoms with van der Waals surface area (Å²) in [4.78, 5) is 27.3. The topological polar surface area (TPSA) is 94.1 Å². The zero-order valence-corrected chi connectivity index (χ0v) is 21.1. The Balaban J connectivity index is 1.55. The monoisotopic (exact) mass is 504 g/mol. The second kappa shape index (κ2) is 11.2. The minimum atomic E-state index is -1.22. The number of rotatable bonds is 12. The van der Waals surface area contributed by atoms with Gasteiger partial charge in [0.2, 0.25) is 5.95 Å². The maximum atomic E-state index is 15.2. The Labute approximate surface area is 210 Å². The van der Waals surface area contributed by atoms with E-state index in [1.54, 1.807) is 13.1 Å². The molecule has 9 nitrogen and oxygen atoms in total. The number of phenols is 1. The maximum Gasteiger partial charge on any atom is 0.330 e. The Morgan fingerprint density at radius 3 is 2.61 bits per heavy atom. The highest BCUT2D eigenvalue weighted by Crippen LogP contribution is 2.43. The van der Waals surface area contributed by atoms with Gasteiger partial charge in [0.05, 0.1) is 13.2 Å². The molecule has 0 spiro atoms. The fourth-order valence-electron chi connectivity index (χ4n) is 4.38. The number of unbranched alkanes of at least 4 members (excludes halogenated alkanes) is 1. The molecule has 2 amide bonds. The molecule has 1 saturated carbocycles. The van der Waals surface area contributed by atoms with E-state index in [0.717, 1.165) is 56.3 Å². The lowest BCUT2D eigenvalue weighted by atomic mass is 10.1. The summed E-state index contributed by atoms with van der Waals surface area (Å²) in [5.74, 6) is -2.50. The van der Waals surface area contributed by atoms with Gasteiger partial charge >= 0.3 is 6.03 Å². The number of benzene rings is 1. The Morgan fingerprint density at radius 1 is 1.19 bits per heavy atom. The lowest BCUT2D eigenvalue weighted by Crippen LogP contribution is -2.49. The second-order valence-corrected chi connectivity index (χ2v) is 8.98. The number of anilines is 3. The largest absolute Gasteiger partial charge is 0.505 e. The first-order valence-corrected chi connectivity index (χ1v) is 12.7. The summed E-state index contributed by atoms with van der Waals surface area (Å²) < 4.78 is 35.3. The van der Waals surface area contributed by atoms with Crippen molar-refractivity contribution in [2.24, 2.45) is 0 Å². The molecule has 1 aliphatic heterocycles. The summed E-state index contributed by atoms with van der Waals surface area (Å²) in [5, 5.41) is 13.3. The first-order valence-electron chi connectivity index (χ1n) is 12.7. The highest BCUT2D eigenvalue weighted by atomic mass is 19.1. The minimum absolute atomic E-state index is 0.106. The Bertz CT molecular complexity index is 1090. The minimum Gasteiger partial charge on any atom is -0.505 e. The van der Waals surface area contributed by atoms with E-state index in [4.69, 9.17) is 4.74 Å². The van der Waals surface area contributed by atoms with Crippen LogP contribution in [-0.4, -0.2) is 64.8 Å². The van der Waals surface area contributed by atoms with Crippen molar-refractivity contribution in [3.8, 4) is 11.5 Å². The molecule has 11 heteroatoms. The number of fused-ring (bicyclic) bond motifs is 1. The lowest BCUT2D eigenvalue weighted by molar-refractivity contribution is 0.248. The predicted molar refractivity (Wildman–Crippen MR) is 134 cm³/mol. The molecule has 1 aromatic heterocycles. The van der Waals surface area contributed by atoms with E-state index in [1.807, 2.05) is 0 Å². The van der Waals surface area contributed by atoms with Gasteiger partial charge in [-0.1, -0.05) is 13.8 Å². The number of halogens is 2. The molecule has 1 aliphatic carbocycles. The molecule has 0 radical (unpaired) electrons. The van der Waals surface area contributed by atoms with E-state index in [9.17, 15) is 14.3 Å². The third kappa shape index (κ3) is 5.30. The molecule has 2 N–H and O–H groups in total. The molecule has 2 aromatic rings. The van der Waals surface area contributed by atoms with Gasteiger partial charge in [-0.2, -0.15) is 4.98 Å². The van der Waals surface area contributed by atoms with Crippen molar-refractivity contribution >= 4 is 23.5 Å². The van der Waals surface area contributed by atoms with Gasteiger partial charge < -0.3 is 20.1 Å². The van der Waals surface area contributed by atoms with Crippen LogP contribution in [0.5, 0.6) is 11.5 Å². The van der Waals surface area contributed by atoms with E-state index in [2.05, 4.69) is 34.0 Å². The van der Waals surface area contributed by atoms with Crippen LogP contribution in [0.1, 0.15) is 52.0 Å². The zero-order valence-electron chi connectivity index (χ0n) is 21.1. The van der Waals surface area contributed by atoms with Gasteiger partial charge in [-0.25, -0.2) is 18.6 Å². The standard InChI is InChI=1S/C25H34F2N6O3/c1-4-31(5-2)12-8-7-11-28-24-29-14-16-15-32(25(35)33(17-9-10-17)23(16)30-24)22-20(26)18(34)13-19(21(22)27)36-6-3/h13-14,17,34H,4-12,15H2,1-3H3,(H,28,29,30). The summed E-state index contributed by atoms with van der Waals surface area (Å²) in [6, 6.07) is 0.173. The van der Waals surface area contributed by atoms with Crippen LogP contribution in [0.15, 0.2) is 12.3 Å². The molecule has 2 aliphatic rings. The molecular weight excluding hydrogens is 470 g/mol. The first-order chi connectivity index (χ1) is 17.4. The summed E-state index contributed by atoms with van der Waals surface area (Å²) in [6.45, 7) is 9.72. The molecule has 1 aromatic carbocycles. The normalized spacial score (nSPS) is 15.4. The van der Waals surface area contributed by atoms with E-state index < -0.39 is 29.1 Å². The summed E-state index contributed by atoms with van der Waals surface area (Å²) in [6.07, 6.45) is 5.12. The van der Waals surface area contributed by atoms with E-state index in [0.29, 0.717) is 23.9 Å². The van der Waals surface area contributed by atoms with Crippen molar-refractivity contribution in [2.75, 3.05) is 47.9 Å². The van der Waals surface area contributed by atoms with E-state index in [1.165, 1.54) is 4.90 Å². The molecular formula is C25H34F2N6O3. The fraction of sp³-hybridized carbons (Fsp3) is 0.560. The lowest BCUT2D eigenvalue weighted by Gasteiger charge is -2.36. The number of carbonyl (C=O) groups is 1. The van der Waals surface area contributed by atoms with Crippen molar-refractivity contribution < 1.29 is 23.4 Å². The van der Waals surface area contributed by atoms with E-state index in [-0.39, 0.29) is 24.9 Å². The Morgan fingerprint density at radius 2 is 1.94 bits per heavy atom. The van der Waals surface area contributed by atoms with Crippen molar-refractivity contribution in [3.05, 3.63) is 29.5 Å². The summed E-state index contributed by atoms with van der Waals surface area (Å²) in [7, 11) is 0. The van der Waals surface area contributed by atoms with Crippen LogP contribution in [0.3, 0.4) is 0 Å². The highest BCUT2D eigenvalue weighted by molar-refractivity contribution is 6.06.